The van der Waals surface area contributed by atoms with E-state index in [2.05, 4.69) is 59.7 Å². The summed E-state index contributed by atoms with van der Waals surface area (Å²) in [7, 11) is 0.667. The molecule has 1 aliphatic rings. The topological polar surface area (TPSA) is 55.8 Å². The Morgan fingerprint density at radius 3 is 1.74 bits per heavy atom. The van der Waals surface area contributed by atoms with Crippen LogP contribution in [0.3, 0.4) is 0 Å². The molecule has 0 spiro atoms. The summed E-state index contributed by atoms with van der Waals surface area (Å²) < 4.78 is 10.5. The van der Waals surface area contributed by atoms with Gasteiger partial charge in [0.25, 0.3) is 0 Å². The van der Waals surface area contributed by atoms with Crippen LogP contribution in [0.4, 0.5) is 0 Å². The highest BCUT2D eigenvalue weighted by atomic mass is 16.6. The van der Waals surface area contributed by atoms with Crippen molar-refractivity contribution in [1.82, 2.24) is 4.90 Å². The highest BCUT2D eigenvalue weighted by Gasteiger charge is 2.29. The number of likely N-dealkylation sites (N-methyl/N-ethyl adjacent to an activating group) is 1. The van der Waals surface area contributed by atoms with Gasteiger partial charge in [-0.2, -0.15) is 0 Å². The van der Waals surface area contributed by atoms with E-state index in [9.17, 15) is 9.59 Å². The lowest BCUT2D eigenvalue weighted by molar-refractivity contribution is -0.145. The standard InChI is InChI=1S/C21H30BNO4/c1-20(2,3)16-10-15(11-17(12-16)21(4,5)6)8-9-22-26-18(24)13-23(7)14-19(25)27-22/h8-12H,13-14H2,1-7H3/b9-8+. The Morgan fingerprint density at radius 1 is 0.889 bits per heavy atom. The molecule has 146 valence electrons. The maximum atomic E-state index is 11.9. The molecule has 1 aromatic carbocycles. The SMILES string of the molecule is CN1CC(=O)OB(/C=C/c2cc(C(C)(C)C)cc(C(C)(C)C)c2)OC(=O)C1. The highest BCUT2D eigenvalue weighted by Crippen LogP contribution is 2.30. The molecule has 0 amide bonds. The van der Waals surface area contributed by atoms with E-state index in [1.54, 1.807) is 17.9 Å². The van der Waals surface area contributed by atoms with Crippen LogP contribution in [0, 0.1) is 0 Å². The molecule has 1 fully saturated rings. The molecule has 0 unspecified atom stereocenters. The number of rotatable bonds is 2. The third-order valence-corrected chi connectivity index (χ3v) is 4.43. The first kappa shape index (κ1) is 21.2. The Morgan fingerprint density at radius 2 is 1.33 bits per heavy atom. The molecule has 27 heavy (non-hydrogen) atoms. The van der Waals surface area contributed by atoms with E-state index in [4.69, 9.17) is 9.31 Å². The van der Waals surface area contributed by atoms with E-state index in [1.165, 1.54) is 11.1 Å². The number of carbonyl (C=O) groups excluding carboxylic acids is 2. The fourth-order valence-electron chi connectivity index (χ4n) is 2.74. The van der Waals surface area contributed by atoms with Gasteiger partial charge in [-0.25, -0.2) is 0 Å². The minimum atomic E-state index is -1.00. The summed E-state index contributed by atoms with van der Waals surface area (Å²) in [5, 5.41) is 0. The summed E-state index contributed by atoms with van der Waals surface area (Å²) in [4.78, 5) is 25.3. The normalized spacial score (nSPS) is 17.5. The Kier molecular flexibility index (Phi) is 6.20. The van der Waals surface area contributed by atoms with Crippen molar-refractivity contribution >= 4 is 25.1 Å². The van der Waals surface area contributed by atoms with Crippen molar-refractivity contribution in [3.05, 3.63) is 40.9 Å². The largest absolute Gasteiger partial charge is 0.628 e. The fourth-order valence-corrected chi connectivity index (χ4v) is 2.74. The first-order valence-corrected chi connectivity index (χ1v) is 9.26. The van der Waals surface area contributed by atoms with Crippen molar-refractivity contribution in [1.29, 1.82) is 0 Å². The zero-order valence-corrected chi connectivity index (χ0v) is 17.5. The van der Waals surface area contributed by atoms with Crippen molar-refractivity contribution in [2.75, 3.05) is 20.1 Å². The Labute approximate surface area is 162 Å². The molecule has 0 saturated carbocycles. The summed E-state index contributed by atoms with van der Waals surface area (Å²) in [6.45, 7) is 13.2. The molecule has 0 aromatic heterocycles. The Hall–Kier alpha value is -2.08. The van der Waals surface area contributed by atoms with Crippen LogP contribution in [0.2, 0.25) is 0 Å². The third kappa shape index (κ3) is 6.24. The first-order chi connectivity index (χ1) is 12.3. The van der Waals surface area contributed by atoms with E-state index in [0.29, 0.717) is 0 Å². The average molecular weight is 371 g/mol. The summed E-state index contributed by atoms with van der Waals surface area (Å²) in [6, 6.07) is 6.47. The zero-order chi connectivity index (χ0) is 20.4. The number of hydrogen-bond acceptors (Lipinski definition) is 5. The summed E-state index contributed by atoms with van der Waals surface area (Å²) in [5.41, 5.74) is 3.45. The second kappa shape index (κ2) is 7.89. The molecular formula is C21H30BNO4. The molecule has 0 bridgehead atoms. The molecular weight excluding hydrogens is 341 g/mol. The lowest BCUT2D eigenvalue weighted by atomic mass is 9.79. The molecule has 1 aromatic rings. The van der Waals surface area contributed by atoms with Gasteiger partial charge in [0.2, 0.25) is 0 Å². The number of hydrogen-bond donors (Lipinski definition) is 0. The molecule has 1 heterocycles. The van der Waals surface area contributed by atoms with E-state index < -0.39 is 19.1 Å². The lowest BCUT2D eigenvalue weighted by Crippen LogP contribution is -2.41. The van der Waals surface area contributed by atoms with E-state index >= 15 is 0 Å². The van der Waals surface area contributed by atoms with Gasteiger partial charge in [0.15, 0.2) is 0 Å². The molecule has 0 aliphatic carbocycles. The van der Waals surface area contributed by atoms with Gasteiger partial charge < -0.3 is 9.31 Å². The van der Waals surface area contributed by atoms with E-state index in [1.807, 2.05) is 6.08 Å². The van der Waals surface area contributed by atoms with Crippen LogP contribution >= 0.6 is 0 Å². The number of nitrogens with zero attached hydrogens (tertiary/aromatic N) is 1. The first-order valence-electron chi connectivity index (χ1n) is 9.26. The van der Waals surface area contributed by atoms with Crippen LogP contribution in [-0.2, 0) is 29.7 Å². The third-order valence-electron chi connectivity index (χ3n) is 4.43. The fraction of sp³-hybridized carbons (Fsp3) is 0.524. The van der Waals surface area contributed by atoms with Crippen LogP contribution < -0.4 is 0 Å². The van der Waals surface area contributed by atoms with Gasteiger partial charge in [0.1, 0.15) is 0 Å². The highest BCUT2D eigenvalue weighted by molar-refractivity contribution is 6.55. The van der Waals surface area contributed by atoms with Crippen LogP contribution in [0.1, 0.15) is 58.2 Å². The molecule has 2 rings (SSSR count). The minimum absolute atomic E-state index is 0.00754. The maximum absolute atomic E-state index is 11.9. The lowest BCUT2D eigenvalue weighted by Gasteiger charge is -2.26. The van der Waals surface area contributed by atoms with Gasteiger partial charge in [-0.3, -0.25) is 14.5 Å². The average Bonchev–Trinajstić information content (AvgIpc) is 2.48. The van der Waals surface area contributed by atoms with Gasteiger partial charge in [-0.15, -0.1) is 0 Å². The Bertz CT molecular complexity index is 691. The van der Waals surface area contributed by atoms with Gasteiger partial charge >= 0.3 is 19.1 Å². The number of benzene rings is 1. The summed E-state index contributed by atoms with van der Waals surface area (Å²) >= 11 is 0. The Balaban J connectivity index is 2.31. The van der Waals surface area contributed by atoms with Gasteiger partial charge in [-0.05, 0) is 40.5 Å². The van der Waals surface area contributed by atoms with E-state index in [-0.39, 0.29) is 23.9 Å². The van der Waals surface area contributed by atoms with Crippen LogP contribution in [0.25, 0.3) is 6.08 Å². The molecule has 1 aliphatic heterocycles. The quantitative estimate of drug-likeness (QED) is 0.747. The zero-order valence-electron chi connectivity index (χ0n) is 17.5. The van der Waals surface area contributed by atoms with Crippen molar-refractivity contribution in [3.8, 4) is 0 Å². The van der Waals surface area contributed by atoms with Gasteiger partial charge in [-0.1, -0.05) is 65.8 Å². The van der Waals surface area contributed by atoms with Crippen molar-refractivity contribution in [2.45, 2.75) is 52.4 Å². The molecule has 0 radical (unpaired) electrons. The molecule has 6 heteroatoms. The van der Waals surface area contributed by atoms with Crippen molar-refractivity contribution < 1.29 is 18.9 Å². The molecule has 5 nitrogen and oxygen atoms in total. The monoisotopic (exact) mass is 371 g/mol. The minimum Gasteiger partial charge on any atom is -0.495 e. The molecule has 0 atom stereocenters. The van der Waals surface area contributed by atoms with Gasteiger partial charge in [0, 0.05) is 0 Å². The summed E-state index contributed by atoms with van der Waals surface area (Å²) in [5.74, 6) is 0.784. The second-order valence-electron chi connectivity index (χ2n) is 9.22. The van der Waals surface area contributed by atoms with Crippen LogP contribution in [0.5, 0.6) is 0 Å². The predicted molar refractivity (Wildman–Crippen MR) is 108 cm³/mol. The maximum Gasteiger partial charge on any atom is 0.628 e. The smallest absolute Gasteiger partial charge is 0.495 e. The van der Waals surface area contributed by atoms with E-state index in [0.717, 1.165) is 5.56 Å². The van der Waals surface area contributed by atoms with Crippen molar-refractivity contribution in [2.24, 2.45) is 0 Å². The predicted octanol–water partition coefficient (Wildman–Crippen LogP) is 3.35. The van der Waals surface area contributed by atoms with Gasteiger partial charge in [0.05, 0.1) is 13.1 Å². The molecule has 0 N–H and O–H groups in total. The van der Waals surface area contributed by atoms with Crippen LogP contribution in [0.15, 0.2) is 24.2 Å². The van der Waals surface area contributed by atoms with Crippen molar-refractivity contribution in [3.63, 3.8) is 0 Å². The summed E-state index contributed by atoms with van der Waals surface area (Å²) in [6.07, 6.45) is 1.85. The second-order valence-corrected chi connectivity index (χ2v) is 9.22. The molecule has 1 saturated heterocycles. The number of carbonyl (C=O) groups is 2. The van der Waals surface area contributed by atoms with Crippen LogP contribution in [-0.4, -0.2) is 44.1 Å².